The van der Waals surface area contributed by atoms with Crippen LogP contribution in [0, 0.1) is 17.2 Å². The van der Waals surface area contributed by atoms with Gasteiger partial charge in [0.25, 0.3) is 0 Å². The van der Waals surface area contributed by atoms with Gasteiger partial charge in [-0.25, -0.2) is 4.39 Å². The number of aliphatic hydroxyl groups excluding tert-OH is 1. The quantitative estimate of drug-likeness (QED) is 0.715. The van der Waals surface area contributed by atoms with Gasteiger partial charge < -0.3 is 20.2 Å². The van der Waals surface area contributed by atoms with Crippen LogP contribution in [0.2, 0.25) is 0 Å². The van der Waals surface area contributed by atoms with Gasteiger partial charge >= 0.3 is 0 Å². The van der Waals surface area contributed by atoms with E-state index >= 15 is 4.39 Å². The molecular formula is C26H36FN3O3. The number of halogens is 1. The van der Waals surface area contributed by atoms with E-state index in [9.17, 15) is 14.7 Å². The van der Waals surface area contributed by atoms with E-state index in [1.807, 2.05) is 9.80 Å². The summed E-state index contributed by atoms with van der Waals surface area (Å²) in [6, 6.07) is 5.18. The molecule has 5 rings (SSSR count). The van der Waals surface area contributed by atoms with Crippen LogP contribution in [0.1, 0.15) is 70.6 Å². The Kier molecular flexibility index (Phi) is 6.34. The highest BCUT2D eigenvalue weighted by molar-refractivity contribution is 5.93. The Balaban J connectivity index is 1.26. The molecule has 2 heterocycles. The Hall–Kier alpha value is -2.15. The number of anilines is 2. The average molecular weight is 458 g/mol. The number of likely N-dealkylation sites (tertiary alicyclic amines) is 1. The summed E-state index contributed by atoms with van der Waals surface area (Å²) in [5, 5.41) is 12.7. The van der Waals surface area contributed by atoms with Crippen molar-refractivity contribution in [3.05, 3.63) is 24.0 Å². The number of piperidine rings is 1. The van der Waals surface area contributed by atoms with Gasteiger partial charge in [-0.05, 0) is 76.0 Å². The summed E-state index contributed by atoms with van der Waals surface area (Å²) >= 11 is 0. The molecule has 2 N–H and O–H groups in total. The van der Waals surface area contributed by atoms with E-state index in [0.29, 0.717) is 17.9 Å². The summed E-state index contributed by atoms with van der Waals surface area (Å²) in [5.74, 6) is -0.101. The number of amides is 2. The van der Waals surface area contributed by atoms with Crippen molar-refractivity contribution in [3.8, 4) is 0 Å². The lowest BCUT2D eigenvalue weighted by Gasteiger charge is -2.41. The largest absolute Gasteiger partial charge is 0.393 e. The number of rotatable bonds is 4. The number of nitrogens with one attached hydrogen (secondary N) is 1. The van der Waals surface area contributed by atoms with Crippen LogP contribution < -0.4 is 10.2 Å². The van der Waals surface area contributed by atoms with E-state index in [-0.39, 0.29) is 35.7 Å². The van der Waals surface area contributed by atoms with E-state index in [4.69, 9.17) is 0 Å². The normalized spacial score (nSPS) is 30.9. The van der Waals surface area contributed by atoms with Crippen molar-refractivity contribution in [2.45, 2.75) is 82.8 Å². The second-order valence-electron chi connectivity index (χ2n) is 10.7. The lowest BCUT2D eigenvalue weighted by atomic mass is 9.78. The Labute approximate surface area is 195 Å². The Morgan fingerprint density at radius 2 is 1.79 bits per heavy atom. The predicted molar refractivity (Wildman–Crippen MR) is 125 cm³/mol. The van der Waals surface area contributed by atoms with E-state index in [0.717, 1.165) is 83.7 Å². The van der Waals surface area contributed by atoms with Crippen molar-refractivity contribution in [2.24, 2.45) is 11.3 Å². The molecule has 4 aliphatic rings. The van der Waals surface area contributed by atoms with Crippen molar-refractivity contribution >= 4 is 23.2 Å². The van der Waals surface area contributed by atoms with Crippen molar-refractivity contribution in [1.82, 2.24) is 4.90 Å². The first-order valence-corrected chi connectivity index (χ1v) is 12.8. The van der Waals surface area contributed by atoms with Gasteiger partial charge in [-0.15, -0.1) is 0 Å². The number of carbonyl (C=O) groups excluding carboxylic acids is 2. The molecule has 2 amide bonds. The van der Waals surface area contributed by atoms with Gasteiger partial charge in [-0.1, -0.05) is 12.8 Å². The molecule has 33 heavy (non-hydrogen) atoms. The number of benzene rings is 1. The minimum absolute atomic E-state index is 0.0107. The molecule has 7 heteroatoms. The molecule has 0 radical (unpaired) electrons. The maximum atomic E-state index is 15.1. The van der Waals surface area contributed by atoms with Gasteiger partial charge in [0.05, 0.1) is 17.2 Å². The first-order valence-electron chi connectivity index (χ1n) is 12.8. The highest BCUT2D eigenvalue weighted by Crippen LogP contribution is 2.44. The van der Waals surface area contributed by atoms with Gasteiger partial charge in [0.1, 0.15) is 5.82 Å². The molecule has 4 fully saturated rings. The highest BCUT2D eigenvalue weighted by atomic mass is 19.1. The highest BCUT2D eigenvalue weighted by Gasteiger charge is 2.50. The molecule has 2 saturated heterocycles. The fourth-order valence-corrected chi connectivity index (χ4v) is 6.56. The van der Waals surface area contributed by atoms with E-state index < -0.39 is 5.41 Å². The standard InChI is InChI=1S/C26H36FN3O3/c27-22-16-19(28-24(32)18-4-1-2-5-18)6-11-23(22)29-14-3-12-26(17-29)13-15-30(25(26)33)20-7-9-21(31)10-8-20/h6,11,16,18,20-21,31H,1-5,7-10,12-15,17H2,(H,28,32)/t20?,21?,26-/m0/s1. The fraction of sp³-hybridized carbons (Fsp3) is 0.692. The summed E-state index contributed by atoms with van der Waals surface area (Å²) in [5.41, 5.74) is 0.582. The monoisotopic (exact) mass is 457 g/mol. The van der Waals surface area contributed by atoms with E-state index in [1.165, 1.54) is 6.07 Å². The lowest BCUT2D eigenvalue weighted by Crippen LogP contribution is -2.50. The van der Waals surface area contributed by atoms with Crippen molar-refractivity contribution in [3.63, 3.8) is 0 Å². The van der Waals surface area contributed by atoms with Crippen LogP contribution in [-0.2, 0) is 9.59 Å². The van der Waals surface area contributed by atoms with E-state index in [2.05, 4.69) is 5.32 Å². The van der Waals surface area contributed by atoms with Gasteiger partial charge in [0.15, 0.2) is 0 Å². The minimum Gasteiger partial charge on any atom is -0.393 e. The molecule has 2 saturated carbocycles. The molecule has 1 spiro atoms. The first-order chi connectivity index (χ1) is 15.9. The van der Waals surface area contributed by atoms with Crippen LogP contribution in [0.15, 0.2) is 18.2 Å². The van der Waals surface area contributed by atoms with Gasteiger partial charge in [-0.2, -0.15) is 0 Å². The van der Waals surface area contributed by atoms with Crippen LogP contribution >= 0.6 is 0 Å². The van der Waals surface area contributed by atoms with Crippen LogP contribution in [0.3, 0.4) is 0 Å². The molecule has 2 aliphatic heterocycles. The number of hydrogen-bond acceptors (Lipinski definition) is 4. The summed E-state index contributed by atoms with van der Waals surface area (Å²) in [4.78, 5) is 30.0. The number of nitrogens with zero attached hydrogens (tertiary/aromatic N) is 2. The van der Waals surface area contributed by atoms with Crippen molar-refractivity contribution < 1.29 is 19.1 Å². The number of hydrogen-bond donors (Lipinski definition) is 2. The number of aliphatic hydroxyl groups is 1. The van der Waals surface area contributed by atoms with Crippen LogP contribution in [0.5, 0.6) is 0 Å². The molecule has 0 bridgehead atoms. The number of carbonyl (C=O) groups is 2. The molecule has 0 aromatic heterocycles. The molecule has 1 aromatic rings. The van der Waals surface area contributed by atoms with Crippen LogP contribution in [-0.4, -0.2) is 53.6 Å². The SMILES string of the molecule is O=C(Nc1ccc(N2CCC[C@]3(CCN(C4CCC(O)CC4)C3=O)C2)c(F)c1)C1CCCC1. The molecule has 6 nitrogen and oxygen atoms in total. The maximum Gasteiger partial charge on any atom is 0.230 e. The Bertz CT molecular complexity index is 895. The van der Waals surface area contributed by atoms with Gasteiger partial charge in [0, 0.05) is 37.3 Å². The van der Waals surface area contributed by atoms with Crippen LogP contribution in [0.4, 0.5) is 15.8 Å². The summed E-state index contributed by atoms with van der Waals surface area (Å²) in [6.07, 6.45) is 9.57. The first kappa shape index (κ1) is 22.6. The zero-order valence-electron chi connectivity index (χ0n) is 19.4. The Morgan fingerprint density at radius 3 is 2.52 bits per heavy atom. The molecule has 2 aliphatic carbocycles. The van der Waals surface area contributed by atoms with Gasteiger partial charge in [0.2, 0.25) is 11.8 Å². The van der Waals surface area contributed by atoms with Crippen LogP contribution in [0.25, 0.3) is 0 Å². The minimum atomic E-state index is -0.434. The third kappa shape index (κ3) is 4.48. The second kappa shape index (κ2) is 9.24. The molecule has 180 valence electrons. The average Bonchev–Trinajstić information content (AvgIpc) is 3.45. The lowest BCUT2D eigenvalue weighted by molar-refractivity contribution is -0.139. The molecular weight excluding hydrogens is 421 g/mol. The summed E-state index contributed by atoms with van der Waals surface area (Å²) < 4.78 is 15.1. The Morgan fingerprint density at radius 1 is 1.03 bits per heavy atom. The van der Waals surface area contributed by atoms with Crippen molar-refractivity contribution in [1.29, 1.82) is 0 Å². The van der Waals surface area contributed by atoms with E-state index in [1.54, 1.807) is 12.1 Å². The fourth-order valence-electron chi connectivity index (χ4n) is 6.56. The van der Waals surface area contributed by atoms with Gasteiger partial charge in [-0.3, -0.25) is 9.59 Å². The summed E-state index contributed by atoms with van der Waals surface area (Å²) in [6.45, 7) is 2.04. The van der Waals surface area contributed by atoms with Crippen molar-refractivity contribution in [2.75, 3.05) is 29.9 Å². The topological polar surface area (TPSA) is 72.9 Å². The molecule has 1 atom stereocenters. The third-order valence-electron chi connectivity index (χ3n) is 8.51. The third-order valence-corrected chi connectivity index (χ3v) is 8.51. The maximum absolute atomic E-state index is 15.1. The zero-order valence-corrected chi connectivity index (χ0v) is 19.4. The smallest absolute Gasteiger partial charge is 0.230 e. The second-order valence-corrected chi connectivity index (χ2v) is 10.7. The molecule has 0 unspecified atom stereocenters. The predicted octanol–water partition coefficient (Wildman–Crippen LogP) is 4.08. The zero-order chi connectivity index (χ0) is 23.0. The molecule has 1 aromatic carbocycles. The summed E-state index contributed by atoms with van der Waals surface area (Å²) in [7, 11) is 0.